The third-order valence-electron chi connectivity index (χ3n) is 4.77. The molecule has 0 spiro atoms. The minimum Gasteiger partial charge on any atom is -0.495 e. The number of carboxylic acid groups (broad SMARTS) is 1. The zero-order valence-corrected chi connectivity index (χ0v) is 18.4. The van der Waals surface area contributed by atoms with E-state index < -0.39 is 5.97 Å². The number of fused-ring (bicyclic) bond motifs is 1. The van der Waals surface area contributed by atoms with Crippen LogP contribution >= 0.6 is 23.2 Å². The number of carbonyl (C=O) groups excluding carboxylic acids is 1. The molecule has 2 N–H and O–H groups in total. The lowest BCUT2D eigenvalue weighted by atomic mass is 10.1. The topological polar surface area (TPSA) is 114 Å². The van der Waals surface area contributed by atoms with Gasteiger partial charge in [0.25, 0.3) is 5.91 Å². The maximum absolute atomic E-state index is 12.5. The fourth-order valence-electron chi connectivity index (χ4n) is 3.25. The Morgan fingerprint density at radius 3 is 2.72 bits per heavy atom. The molecule has 0 fully saturated rings. The van der Waals surface area contributed by atoms with Crippen LogP contribution in [-0.4, -0.2) is 46.0 Å². The maximum atomic E-state index is 12.5. The average Bonchev–Trinajstić information content (AvgIpc) is 3.05. The molecule has 164 valence electrons. The second-order valence-electron chi connectivity index (χ2n) is 6.86. The highest BCUT2D eigenvalue weighted by Gasteiger charge is 2.28. The fourth-order valence-corrected chi connectivity index (χ4v) is 3.62. The molecule has 0 unspecified atom stereocenters. The lowest BCUT2D eigenvalue weighted by molar-refractivity contribution is 0.0696. The van der Waals surface area contributed by atoms with E-state index in [2.05, 4.69) is 15.3 Å². The summed E-state index contributed by atoms with van der Waals surface area (Å²) < 4.78 is 11.1. The molecule has 0 bridgehead atoms. The molecule has 1 aliphatic heterocycles. The predicted octanol–water partition coefficient (Wildman–Crippen LogP) is 4.61. The summed E-state index contributed by atoms with van der Waals surface area (Å²) in [5, 5.41) is 12.3. The van der Waals surface area contributed by atoms with Gasteiger partial charge in [-0.3, -0.25) is 4.79 Å². The summed E-state index contributed by atoms with van der Waals surface area (Å²) in [5.74, 6) is -0.659. The van der Waals surface area contributed by atoms with Crippen molar-refractivity contribution < 1.29 is 24.2 Å². The molecular formula is C21H16Cl2N4O5. The van der Waals surface area contributed by atoms with Crippen molar-refractivity contribution in [3.8, 4) is 17.4 Å². The second kappa shape index (κ2) is 8.52. The normalized spacial score (nSPS) is 12.5. The Balaban J connectivity index is 1.66. The third kappa shape index (κ3) is 4.00. The molecule has 2 heterocycles. The van der Waals surface area contributed by atoms with E-state index in [1.807, 2.05) is 6.07 Å². The van der Waals surface area contributed by atoms with Crippen molar-refractivity contribution in [1.29, 1.82) is 0 Å². The number of carbonyl (C=O) groups is 2. The Kier molecular flexibility index (Phi) is 5.77. The largest absolute Gasteiger partial charge is 0.495 e. The molecule has 0 atom stereocenters. The smallest absolute Gasteiger partial charge is 0.337 e. The van der Waals surface area contributed by atoms with Gasteiger partial charge in [0.1, 0.15) is 16.5 Å². The lowest BCUT2D eigenvalue weighted by Gasteiger charge is -2.14. The number of ether oxygens (including phenoxy) is 2. The highest BCUT2D eigenvalue weighted by atomic mass is 35.5. The Morgan fingerprint density at radius 1 is 1.22 bits per heavy atom. The Labute approximate surface area is 192 Å². The third-order valence-corrected chi connectivity index (χ3v) is 5.34. The first-order valence-corrected chi connectivity index (χ1v) is 9.99. The molecule has 9 nitrogen and oxygen atoms in total. The van der Waals surface area contributed by atoms with Crippen molar-refractivity contribution in [2.45, 2.75) is 6.54 Å². The van der Waals surface area contributed by atoms with Gasteiger partial charge in [-0.05, 0) is 23.8 Å². The number of methoxy groups -OCH3 is 1. The van der Waals surface area contributed by atoms with E-state index in [1.54, 1.807) is 24.1 Å². The van der Waals surface area contributed by atoms with Crippen molar-refractivity contribution >= 4 is 46.7 Å². The minimum absolute atomic E-state index is 0.00807. The number of benzene rings is 2. The summed E-state index contributed by atoms with van der Waals surface area (Å²) in [6, 6.07) is 7.98. The number of nitrogens with zero attached hydrogens (tertiary/aromatic N) is 3. The summed E-state index contributed by atoms with van der Waals surface area (Å²) in [4.78, 5) is 33.8. The molecule has 2 aromatic carbocycles. The maximum Gasteiger partial charge on any atom is 0.337 e. The first kappa shape index (κ1) is 21.7. The molecule has 1 amide bonds. The second-order valence-corrected chi connectivity index (χ2v) is 7.68. The van der Waals surface area contributed by atoms with Crippen LogP contribution in [0.3, 0.4) is 0 Å². The number of hydrogen-bond donors (Lipinski definition) is 2. The number of aromatic nitrogens is 2. The van der Waals surface area contributed by atoms with E-state index in [0.29, 0.717) is 23.5 Å². The van der Waals surface area contributed by atoms with Gasteiger partial charge in [-0.25, -0.2) is 9.78 Å². The number of anilines is 2. The van der Waals surface area contributed by atoms with Crippen LogP contribution in [0.1, 0.15) is 26.3 Å². The number of halogens is 2. The van der Waals surface area contributed by atoms with Gasteiger partial charge >= 0.3 is 5.97 Å². The van der Waals surface area contributed by atoms with Gasteiger partial charge in [0, 0.05) is 13.6 Å². The molecular weight excluding hydrogens is 459 g/mol. The zero-order valence-electron chi connectivity index (χ0n) is 16.8. The highest BCUT2D eigenvalue weighted by molar-refractivity contribution is 6.34. The summed E-state index contributed by atoms with van der Waals surface area (Å²) in [6.45, 7) is 0.489. The van der Waals surface area contributed by atoms with E-state index in [-0.39, 0.29) is 39.1 Å². The van der Waals surface area contributed by atoms with E-state index in [4.69, 9.17) is 32.7 Å². The van der Waals surface area contributed by atoms with Crippen LogP contribution in [0, 0.1) is 0 Å². The number of amides is 1. The van der Waals surface area contributed by atoms with Crippen molar-refractivity contribution in [2.75, 3.05) is 19.5 Å². The summed E-state index contributed by atoms with van der Waals surface area (Å²) in [7, 11) is 3.10. The van der Waals surface area contributed by atoms with Gasteiger partial charge in [0.2, 0.25) is 11.8 Å². The summed E-state index contributed by atoms with van der Waals surface area (Å²) in [5.41, 5.74) is 1.53. The fraction of sp³-hybridized carbons (Fsp3) is 0.143. The van der Waals surface area contributed by atoms with E-state index in [0.717, 1.165) is 5.56 Å². The van der Waals surface area contributed by atoms with Gasteiger partial charge < -0.3 is 24.8 Å². The van der Waals surface area contributed by atoms with Crippen LogP contribution in [0.25, 0.3) is 0 Å². The first-order valence-electron chi connectivity index (χ1n) is 9.24. The number of nitrogens with one attached hydrogen (secondary N) is 1. The molecule has 0 saturated heterocycles. The predicted molar refractivity (Wildman–Crippen MR) is 118 cm³/mol. The summed E-state index contributed by atoms with van der Waals surface area (Å²) >= 11 is 12.3. The number of hydrogen-bond acceptors (Lipinski definition) is 7. The van der Waals surface area contributed by atoms with Gasteiger partial charge in [-0.15, -0.1) is 0 Å². The number of carboxylic acids is 1. The molecule has 32 heavy (non-hydrogen) atoms. The highest BCUT2D eigenvalue weighted by Crippen LogP contribution is 2.36. The molecule has 3 aromatic rings. The van der Waals surface area contributed by atoms with Gasteiger partial charge in [0.05, 0.1) is 35.1 Å². The van der Waals surface area contributed by atoms with E-state index >= 15 is 0 Å². The Morgan fingerprint density at radius 2 is 2.00 bits per heavy atom. The van der Waals surface area contributed by atoms with Crippen molar-refractivity contribution in [2.24, 2.45) is 0 Å². The zero-order chi connectivity index (χ0) is 23.0. The van der Waals surface area contributed by atoms with Crippen molar-refractivity contribution in [3.05, 3.63) is 63.3 Å². The molecule has 0 radical (unpaired) electrons. The van der Waals surface area contributed by atoms with Gasteiger partial charge in [-0.2, -0.15) is 4.98 Å². The standard InChI is InChI=1S/C21H16Cl2N4O5/c1-27-9-10-4-3-5-15(17(10)19(27)28)32-18-13(23)8-24-21(26-18)25-14-7-12(22)11(20(29)30)6-16(14)31-2/h3-8H,9H2,1-2H3,(H,29,30)(H,24,25,26). The first-order chi connectivity index (χ1) is 15.3. The summed E-state index contributed by atoms with van der Waals surface area (Å²) in [6.07, 6.45) is 1.34. The van der Waals surface area contributed by atoms with Crippen molar-refractivity contribution in [3.63, 3.8) is 0 Å². The van der Waals surface area contributed by atoms with Crippen LogP contribution < -0.4 is 14.8 Å². The van der Waals surface area contributed by atoms with Gasteiger partial charge in [0.15, 0.2) is 0 Å². The van der Waals surface area contributed by atoms with E-state index in [9.17, 15) is 14.7 Å². The van der Waals surface area contributed by atoms with Crippen molar-refractivity contribution in [1.82, 2.24) is 14.9 Å². The monoisotopic (exact) mass is 474 g/mol. The van der Waals surface area contributed by atoms with E-state index in [1.165, 1.54) is 25.4 Å². The van der Waals surface area contributed by atoms with Crippen LogP contribution in [0.5, 0.6) is 17.4 Å². The minimum atomic E-state index is -1.19. The number of rotatable bonds is 6. The quantitative estimate of drug-likeness (QED) is 0.532. The molecule has 1 aliphatic rings. The molecule has 11 heteroatoms. The molecule has 4 rings (SSSR count). The Bertz CT molecular complexity index is 1250. The van der Waals surface area contributed by atoms with Gasteiger partial charge in [-0.1, -0.05) is 35.3 Å². The van der Waals surface area contributed by atoms with Crippen LogP contribution in [0.2, 0.25) is 10.0 Å². The molecule has 0 aliphatic carbocycles. The Hall–Kier alpha value is -3.56. The molecule has 0 saturated carbocycles. The van der Waals surface area contributed by atoms with Crippen LogP contribution in [0.4, 0.5) is 11.6 Å². The molecule has 1 aromatic heterocycles. The average molecular weight is 475 g/mol. The SMILES string of the molecule is COc1cc(C(=O)O)c(Cl)cc1Nc1ncc(Cl)c(Oc2cccc3c2C(=O)N(C)C3)n1. The van der Waals surface area contributed by atoms with Crippen LogP contribution in [-0.2, 0) is 6.54 Å². The van der Waals surface area contributed by atoms with Crippen LogP contribution in [0.15, 0.2) is 36.5 Å². The lowest BCUT2D eigenvalue weighted by Crippen LogP contribution is -2.17. The number of aromatic carboxylic acids is 1.